The third kappa shape index (κ3) is 2.43. The quantitative estimate of drug-likeness (QED) is 0.590. The van der Waals surface area contributed by atoms with Crippen molar-refractivity contribution in [1.82, 2.24) is 5.06 Å². The van der Waals surface area contributed by atoms with Gasteiger partial charge in [0.15, 0.2) is 0 Å². The number of carbonyl (C=O) groups excluding carboxylic acids is 1. The van der Waals surface area contributed by atoms with E-state index in [9.17, 15) is 4.79 Å². The van der Waals surface area contributed by atoms with Gasteiger partial charge in [0.1, 0.15) is 0 Å². The number of rotatable bonds is 2. The molecule has 1 heterocycles. The lowest BCUT2D eigenvalue weighted by molar-refractivity contribution is -0.151. The third-order valence-electron chi connectivity index (χ3n) is 2.03. The average Bonchev–Trinajstić information content (AvgIpc) is 2.05. The van der Waals surface area contributed by atoms with Gasteiger partial charge in [0.25, 0.3) is 0 Å². The van der Waals surface area contributed by atoms with Gasteiger partial charge in [0.2, 0.25) is 5.24 Å². The summed E-state index contributed by atoms with van der Waals surface area (Å²) in [5, 5.41) is 1.64. The summed E-state index contributed by atoms with van der Waals surface area (Å²) in [7, 11) is 1.64. The molecule has 0 saturated carbocycles. The molecule has 0 aromatic heterocycles. The zero-order chi connectivity index (χ0) is 8.27. The second-order valence-electron chi connectivity index (χ2n) is 2.69. The summed E-state index contributed by atoms with van der Waals surface area (Å²) >= 11 is 5.35. The molecule has 0 spiro atoms. The summed E-state index contributed by atoms with van der Waals surface area (Å²) in [4.78, 5) is 15.7. The first-order valence-corrected chi connectivity index (χ1v) is 4.10. The van der Waals surface area contributed by atoms with Crippen LogP contribution in [0.5, 0.6) is 0 Å². The van der Waals surface area contributed by atoms with Crippen molar-refractivity contribution in [3.05, 3.63) is 0 Å². The SMILES string of the molecule is CON1CCC(C(=O)Cl)CC1. The molecular weight excluding hydrogens is 166 g/mol. The molecule has 0 radical (unpaired) electrons. The van der Waals surface area contributed by atoms with Gasteiger partial charge in [-0.3, -0.25) is 4.79 Å². The number of halogens is 1. The van der Waals surface area contributed by atoms with Gasteiger partial charge in [-0.2, -0.15) is 5.06 Å². The Morgan fingerprint density at radius 2 is 2.09 bits per heavy atom. The van der Waals surface area contributed by atoms with Crippen LogP contribution in [0.25, 0.3) is 0 Å². The molecule has 4 heteroatoms. The molecule has 0 atom stereocenters. The number of hydrogen-bond donors (Lipinski definition) is 0. The molecule has 0 aromatic rings. The molecule has 3 nitrogen and oxygen atoms in total. The third-order valence-corrected chi connectivity index (χ3v) is 2.34. The van der Waals surface area contributed by atoms with E-state index in [1.54, 1.807) is 7.11 Å². The maximum Gasteiger partial charge on any atom is 0.224 e. The van der Waals surface area contributed by atoms with Crippen LogP contribution < -0.4 is 0 Å². The smallest absolute Gasteiger partial charge is 0.224 e. The molecule has 0 aliphatic carbocycles. The molecule has 0 bridgehead atoms. The lowest BCUT2D eigenvalue weighted by Crippen LogP contribution is -2.34. The molecule has 64 valence electrons. The molecular formula is C7H12ClNO2. The van der Waals surface area contributed by atoms with Crippen molar-refractivity contribution < 1.29 is 9.63 Å². The lowest BCUT2D eigenvalue weighted by atomic mass is 10.00. The number of carbonyl (C=O) groups is 1. The zero-order valence-electron chi connectivity index (χ0n) is 6.55. The van der Waals surface area contributed by atoms with Gasteiger partial charge in [0, 0.05) is 19.0 Å². The minimum absolute atomic E-state index is 0.0445. The first kappa shape index (κ1) is 8.97. The van der Waals surface area contributed by atoms with E-state index in [1.807, 2.05) is 5.06 Å². The summed E-state index contributed by atoms with van der Waals surface area (Å²) < 4.78 is 0. The highest BCUT2D eigenvalue weighted by Gasteiger charge is 2.23. The van der Waals surface area contributed by atoms with E-state index >= 15 is 0 Å². The fraction of sp³-hybridized carbons (Fsp3) is 0.857. The van der Waals surface area contributed by atoms with Crippen molar-refractivity contribution in [1.29, 1.82) is 0 Å². The molecule has 0 aromatic carbocycles. The van der Waals surface area contributed by atoms with Gasteiger partial charge >= 0.3 is 0 Å². The van der Waals surface area contributed by atoms with E-state index < -0.39 is 0 Å². The van der Waals surface area contributed by atoms with E-state index in [0.29, 0.717) is 0 Å². The van der Waals surface area contributed by atoms with Crippen molar-refractivity contribution in [2.75, 3.05) is 20.2 Å². The van der Waals surface area contributed by atoms with E-state index in [-0.39, 0.29) is 11.2 Å². The Kier molecular flexibility index (Phi) is 3.30. The Morgan fingerprint density at radius 1 is 1.55 bits per heavy atom. The molecule has 1 saturated heterocycles. The predicted molar refractivity (Wildman–Crippen MR) is 42.2 cm³/mol. The topological polar surface area (TPSA) is 29.5 Å². The standard InChI is InChI=1S/C7H12ClNO2/c1-11-9-4-2-6(3-5-9)7(8)10/h6H,2-5H2,1H3. The maximum absolute atomic E-state index is 10.7. The van der Waals surface area contributed by atoms with Gasteiger partial charge in [-0.15, -0.1) is 0 Å². The Bertz CT molecular complexity index is 143. The van der Waals surface area contributed by atoms with E-state index in [4.69, 9.17) is 16.4 Å². The van der Waals surface area contributed by atoms with Crippen molar-refractivity contribution in [3.8, 4) is 0 Å². The van der Waals surface area contributed by atoms with Crippen LogP contribution in [0.2, 0.25) is 0 Å². The van der Waals surface area contributed by atoms with E-state index in [0.717, 1.165) is 25.9 Å². The van der Waals surface area contributed by atoms with Crippen LogP contribution in [0.1, 0.15) is 12.8 Å². The van der Waals surface area contributed by atoms with E-state index in [2.05, 4.69) is 0 Å². The number of hydroxylamine groups is 2. The molecule has 1 fully saturated rings. The second kappa shape index (κ2) is 4.04. The molecule has 1 aliphatic rings. The van der Waals surface area contributed by atoms with Gasteiger partial charge < -0.3 is 4.84 Å². The lowest BCUT2D eigenvalue weighted by Gasteiger charge is -2.27. The molecule has 0 amide bonds. The molecule has 11 heavy (non-hydrogen) atoms. The average molecular weight is 178 g/mol. The van der Waals surface area contributed by atoms with Crippen molar-refractivity contribution in [2.24, 2.45) is 5.92 Å². The molecule has 1 rings (SSSR count). The molecule has 1 aliphatic heterocycles. The van der Waals surface area contributed by atoms with E-state index in [1.165, 1.54) is 0 Å². The van der Waals surface area contributed by atoms with Gasteiger partial charge in [-0.1, -0.05) is 0 Å². The minimum atomic E-state index is -0.208. The van der Waals surface area contributed by atoms with Crippen LogP contribution >= 0.6 is 11.6 Å². The summed E-state index contributed by atoms with van der Waals surface area (Å²) in [5.41, 5.74) is 0. The van der Waals surface area contributed by atoms with Gasteiger partial charge in [0.05, 0.1) is 7.11 Å². The molecule has 0 unspecified atom stereocenters. The Morgan fingerprint density at radius 3 is 2.45 bits per heavy atom. The number of nitrogens with zero attached hydrogens (tertiary/aromatic N) is 1. The van der Waals surface area contributed by atoms with Crippen LogP contribution in [-0.4, -0.2) is 30.5 Å². The first-order chi connectivity index (χ1) is 5.24. The van der Waals surface area contributed by atoms with Crippen molar-refractivity contribution in [2.45, 2.75) is 12.8 Å². The summed E-state index contributed by atoms with van der Waals surface area (Å²) in [5.74, 6) is 0.0445. The van der Waals surface area contributed by atoms with Crippen LogP contribution in [0.4, 0.5) is 0 Å². The largest absolute Gasteiger partial charge is 0.302 e. The maximum atomic E-state index is 10.7. The summed E-state index contributed by atoms with van der Waals surface area (Å²) in [6.45, 7) is 1.61. The fourth-order valence-electron chi connectivity index (χ4n) is 1.27. The highest BCUT2D eigenvalue weighted by Crippen LogP contribution is 2.18. The molecule has 0 N–H and O–H groups in total. The normalized spacial score (nSPS) is 22.0. The second-order valence-corrected chi connectivity index (χ2v) is 3.06. The predicted octanol–water partition coefficient (Wildman–Crippen LogP) is 1.03. The Hall–Kier alpha value is -0.120. The summed E-state index contributed by atoms with van der Waals surface area (Å²) in [6.07, 6.45) is 1.63. The van der Waals surface area contributed by atoms with Crippen molar-refractivity contribution in [3.63, 3.8) is 0 Å². The minimum Gasteiger partial charge on any atom is -0.302 e. The van der Waals surface area contributed by atoms with Crippen LogP contribution in [0.3, 0.4) is 0 Å². The number of hydrogen-bond acceptors (Lipinski definition) is 3. The zero-order valence-corrected chi connectivity index (χ0v) is 7.30. The van der Waals surface area contributed by atoms with Crippen molar-refractivity contribution >= 4 is 16.8 Å². The Balaban J connectivity index is 2.30. The van der Waals surface area contributed by atoms with Crippen LogP contribution in [-0.2, 0) is 9.63 Å². The van der Waals surface area contributed by atoms with Gasteiger partial charge in [-0.25, -0.2) is 0 Å². The van der Waals surface area contributed by atoms with Gasteiger partial charge in [-0.05, 0) is 24.4 Å². The highest BCUT2D eigenvalue weighted by atomic mass is 35.5. The fourth-order valence-corrected chi connectivity index (χ4v) is 1.48. The van der Waals surface area contributed by atoms with Crippen LogP contribution in [0, 0.1) is 5.92 Å². The first-order valence-electron chi connectivity index (χ1n) is 3.72. The van der Waals surface area contributed by atoms with Crippen LogP contribution in [0.15, 0.2) is 0 Å². The Labute approximate surface area is 71.2 Å². The summed E-state index contributed by atoms with van der Waals surface area (Å²) in [6, 6.07) is 0. The highest BCUT2D eigenvalue weighted by molar-refractivity contribution is 6.63. The number of piperidine rings is 1. The monoisotopic (exact) mass is 177 g/mol.